The summed E-state index contributed by atoms with van der Waals surface area (Å²) in [6, 6.07) is 9.46. The summed E-state index contributed by atoms with van der Waals surface area (Å²) in [6.07, 6.45) is 4.89. The van der Waals surface area contributed by atoms with Gasteiger partial charge in [-0.1, -0.05) is 69.9 Å². The molecule has 3 heteroatoms. The molecule has 0 fully saturated rings. The lowest BCUT2D eigenvalue weighted by Gasteiger charge is -2.17. The summed E-state index contributed by atoms with van der Waals surface area (Å²) in [6.45, 7) is 4.28. The van der Waals surface area contributed by atoms with E-state index in [9.17, 15) is 9.90 Å². The molecule has 0 aromatic heterocycles. The average molecular weight is 290 g/mol. The van der Waals surface area contributed by atoms with Gasteiger partial charge in [-0.3, -0.25) is 0 Å². The van der Waals surface area contributed by atoms with Crippen LogP contribution in [0.4, 0.5) is 0 Å². The van der Waals surface area contributed by atoms with Crippen molar-refractivity contribution < 1.29 is 14.6 Å². The fourth-order valence-electron chi connectivity index (χ4n) is 2.51. The van der Waals surface area contributed by atoms with E-state index in [4.69, 9.17) is 4.74 Å². The van der Waals surface area contributed by atoms with E-state index in [0.29, 0.717) is 23.7 Å². The molecule has 0 spiro atoms. The van der Waals surface area contributed by atoms with Gasteiger partial charge in [0.15, 0.2) is 0 Å². The molecule has 0 radical (unpaired) electrons. The first-order valence-electron chi connectivity index (χ1n) is 7.69. The van der Waals surface area contributed by atoms with Crippen molar-refractivity contribution in [2.45, 2.75) is 46.0 Å². The zero-order valence-corrected chi connectivity index (χ0v) is 13.3. The second-order valence-corrected chi connectivity index (χ2v) is 5.30. The van der Waals surface area contributed by atoms with Gasteiger partial charge in [0.2, 0.25) is 0 Å². The van der Waals surface area contributed by atoms with E-state index in [2.05, 4.69) is 13.8 Å². The Bertz CT molecular complexity index is 463. The molecule has 0 heterocycles. The monoisotopic (exact) mass is 290 g/mol. The van der Waals surface area contributed by atoms with E-state index in [0.717, 1.165) is 31.2 Å². The molecule has 1 N–H and O–H groups in total. The lowest BCUT2D eigenvalue weighted by Crippen LogP contribution is -2.11. The molecule has 1 rings (SSSR count). The minimum Gasteiger partial charge on any atom is -0.496 e. The van der Waals surface area contributed by atoms with Gasteiger partial charge in [0.1, 0.15) is 5.76 Å². The highest BCUT2D eigenvalue weighted by atomic mass is 16.5. The predicted octanol–water partition coefficient (Wildman–Crippen LogP) is 4.74. The smallest absolute Gasteiger partial charge is 0.335 e. The number of carbonyl (C=O) groups is 1. The number of hydrogen-bond donors (Lipinski definition) is 1. The number of methoxy groups -OCH3 is 1. The number of carboxylic acids is 1. The second kappa shape index (κ2) is 9.22. The lowest BCUT2D eigenvalue weighted by molar-refractivity contribution is -0.133. The number of aliphatic carboxylic acids is 1. The molecule has 0 saturated carbocycles. The minimum atomic E-state index is -0.884. The van der Waals surface area contributed by atoms with E-state index in [-0.39, 0.29) is 0 Å². The van der Waals surface area contributed by atoms with E-state index >= 15 is 0 Å². The summed E-state index contributed by atoms with van der Waals surface area (Å²) in [5.74, 6) is -0.00591. The summed E-state index contributed by atoms with van der Waals surface area (Å²) >= 11 is 0. The topological polar surface area (TPSA) is 46.5 Å². The molecule has 1 unspecified atom stereocenters. The quantitative estimate of drug-likeness (QED) is 0.528. The Morgan fingerprint density at radius 3 is 2.38 bits per heavy atom. The average Bonchev–Trinajstić information content (AvgIpc) is 2.51. The number of benzene rings is 1. The number of hydrogen-bond acceptors (Lipinski definition) is 2. The Balaban J connectivity index is 3.07. The Hall–Kier alpha value is -1.77. The van der Waals surface area contributed by atoms with Crippen LogP contribution < -0.4 is 0 Å². The molecule has 21 heavy (non-hydrogen) atoms. The summed E-state index contributed by atoms with van der Waals surface area (Å²) < 4.78 is 5.41. The maximum absolute atomic E-state index is 11.7. The third kappa shape index (κ3) is 5.25. The molecular formula is C18H26O3. The van der Waals surface area contributed by atoms with Crippen LogP contribution >= 0.6 is 0 Å². The Morgan fingerprint density at radius 2 is 1.90 bits per heavy atom. The molecule has 0 bridgehead atoms. The maximum Gasteiger partial charge on any atom is 0.335 e. The van der Waals surface area contributed by atoms with Gasteiger partial charge in [0.05, 0.1) is 12.7 Å². The molecule has 0 aliphatic carbocycles. The van der Waals surface area contributed by atoms with Gasteiger partial charge in [0, 0.05) is 5.56 Å². The molecule has 1 atom stereocenters. The van der Waals surface area contributed by atoms with Gasteiger partial charge in [-0.2, -0.15) is 0 Å². The first-order valence-corrected chi connectivity index (χ1v) is 7.69. The van der Waals surface area contributed by atoms with Crippen LogP contribution in [0.2, 0.25) is 0 Å². The number of carboxylic acid groups (broad SMARTS) is 1. The molecule has 0 saturated heterocycles. The van der Waals surface area contributed by atoms with Crippen molar-refractivity contribution >= 4 is 11.7 Å². The minimum absolute atomic E-state index is 0.381. The standard InChI is InChI=1S/C18H26O3/c1-4-6-10-14(5-2)13-16(18(19)20)17(21-3)15-11-8-7-9-12-15/h7-9,11-12,14H,4-6,10,13H2,1-3H3,(H,19,20). The van der Waals surface area contributed by atoms with Crippen LogP contribution in [-0.4, -0.2) is 18.2 Å². The second-order valence-electron chi connectivity index (χ2n) is 5.30. The number of unbranched alkanes of at least 4 members (excludes halogenated alkanes) is 1. The third-order valence-electron chi connectivity index (χ3n) is 3.81. The number of rotatable bonds is 9. The molecule has 0 amide bonds. The van der Waals surface area contributed by atoms with Crippen molar-refractivity contribution in [1.29, 1.82) is 0 Å². The van der Waals surface area contributed by atoms with Gasteiger partial charge in [-0.25, -0.2) is 4.79 Å². The van der Waals surface area contributed by atoms with Crippen molar-refractivity contribution in [3.63, 3.8) is 0 Å². The highest BCUT2D eigenvalue weighted by molar-refractivity contribution is 5.94. The molecule has 1 aromatic carbocycles. The third-order valence-corrected chi connectivity index (χ3v) is 3.81. The summed E-state index contributed by atoms with van der Waals surface area (Å²) in [5, 5.41) is 9.57. The van der Waals surface area contributed by atoms with Crippen molar-refractivity contribution in [3.8, 4) is 0 Å². The first-order chi connectivity index (χ1) is 10.1. The van der Waals surface area contributed by atoms with Gasteiger partial charge in [-0.05, 0) is 12.3 Å². The predicted molar refractivity (Wildman–Crippen MR) is 85.9 cm³/mol. The Labute approximate surface area is 127 Å². The van der Waals surface area contributed by atoms with E-state index in [1.807, 2.05) is 30.3 Å². The van der Waals surface area contributed by atoms with Gasteiger partial charge >= 0.3 is 5.97 Å². The van der Waals surface area contributed by atoms with Gasteiger partial charge in [-0.15, -0.1) is 0 Å². The van der Waals surface area contributed by atoms with Gasteiger partial charge in [0.25, 0.3) is 0 Å². The zero-order chi connectivity index (χ0) is 15.7. The fourth-order valence-corrected chi connectivity index (χ4v) is 2.51. The summed E-state index contributed by atoms with van der Waals surface area (Å²) in [7, 11) is 1.54. The SMILES string of the molecule is CCCCC(CC)CC(C(=O)O)=C(OC)c1ccccc1. The van der Waals surface area contributed by atoms with Crippen LogP contribution in [0.15, 0.2) is 35.9 Å². The molecule has 0 aliphatic heterocycles. The van der Waals surface area contributed by atoms with Crippen LogP contribution in [0.25, 0.3) is 5.76 Å². The van der Waals surface area contributed by atoms with Crippen LogP contribution in [-0.2, 0) is 9.53 Å². The highest BCUT2D eigenvalue weighted by Crippen LogP contribution is 2.28. The van der Waals surface area contributed by atoms with Crippen molar-refractivity contribution in [3.05, 3.63) is 41.5 Å². The van der Waals surface area contributed by atoms with Crippen molar-refractivity contribution in [1.82, 2.24) is 0 Å². The van der Waals surface area contributed by atoms with Crippen molar-refractivity contribution in [2.75, 3.05) is 7.11 Å². The molecular weight excluding hydrogens is 264 g/mol. The van der Waals surface area contributed by atoms with Crippen LogP contribution in [0, 0.1) is 5.92 Å². The van der Waals surface area contributed by atoms with E-state index in [1.54, 1.807) is 0 Å². The number of ether oxygens (including phenoxy) is 1. The summed E-state index contributed by atoms with van der Waals surface area (Å²) in [5.41, 5.74) is 1.20. The zero-order valence-electron chi connectivity index (χ0n) is 13.3. The molecule has 3 nitrogen and oxygen atoms in total. The largest absolute Gasteiger partial charge is 0.496 e. The Morgan fingerprint density at radius 1 is 1.24 bits per heavy atom. The van der Waals surface area contributed by atoms with Crippen molar-refractivity contribution in [2.24, 2.45) is 5.92 Å². The van der Waals surface area contributed by atoms with E-state index in [1.165, 1.54) is 7.11 Å². The highest BCUT2D eigenvalue weighted by Gasteiger charge is 2.20. The van der Waals surface area contributed by atoms with Crippen LogP contribution in [0.3, 0.4) is 0 Å². The fraction of sp³-hybridized carbons (Fsp3) is 0.500. The molecule has 0 aliphatic rings. The molecule has 1 aromatic rings. The maximum atomic E-state index is 11.7. The van der Waals surface area contributed by atoms with Gasteiger partial charge < -0.3 is 9.84 Å². The normalized spacial score (nSPS) is 13.5. The van der Waals surface area contributed by atoms with Crippen LogP contribution in [0.5, 0.6) is 0 Å². The Kier molecular flexibility index (Phi) is 7.59. The van der Waals surface area contributed by atoms with E-state index < -0.39 is 5.97 Å². The first kappa shape index (κ1) is 17.3. The molecule has 116 valence electrons. The summed E-state index contributed by atoms with van der Waals surface area (Å²) in [4.78, 5) is 11.7. The lowest BCUT2D eigenvalue weighted by atomic mass is 9.90. The van der Waals surface area contributed by atoms with Crippen LogP contribution in [0.1, 0.15) is 51.5 Å².